The Morgan fingerprint density at radius 3 is 2.67 bits per heavy atom. The molecule has 18 heavy (non-hydrogen) atoms. The van der Waals surface area contributed by atoms with Gasteiger partial charge in [-0.15, -0.1) is 0 Å². The van der Waals surface area contributed by atoms with E-state index in [9.17, 15) is 9.59 Å². The minimum Gasteiger partial charge on any atom is -0.453 e. The van der Waals surface area contributed by atoms with Crippen molar-refractivity contribution in [2.75, 3.05) is 0 Å². The number of unbranched alkanes of at least 4 members (excludes halogenated alkanes) is 2. The van der Waals surface area contributed by atoms with Crippen LogP contribution in [-0.4, -0.2) is 17.9 Å². The van der Waals surface area contributed by atoms with Crippen molar-refractivity contribution in [1.82, 2.24) is 0 Å². The zero-order valence-electron chi connectivity index (χ0n) is 11.9. The van der Waals surface area contributed by atoms with E-state index in [2.05, 4.69) is 6.92 Å². The highest BCUT2D eigenvalue weighted by Crippen LogP contribution is 2.35. The molecule has 0 fully saturated rings. The third kappa shape index (κ3) is 3.97. The van der Waals surface area contributed by atoms with Gasteiger partial charge in [0.15, 0.2) is 11.9 Å². The Kier molecular flexibility index (Phi) is 5.12. The van der Waals surface area contributed by atoms with Crippen molar-refractivity contribution in [3.63, 3.8) is 0 Å². The molecule has 0 radical (unpaired) electrons. The van der Waals surface area contributed by atoms with Gasteiger partial charge < -0.3 is 4.74 Å². The Morgan fingerprint density at radius 1 is 1.44 bits per heavy atom. The normalized spacial score (nSPS) is 22.6. The summed E-state index contributed by atoms with van der Waals surface area (Å²) in [7, 11) is 0. The average molecular weight is 252 g/mol. The van der Waals surface area contributed by atoms with Crippen LogP contribution in [0.15, 0.2) is 11.6 Å². The SMILES string of the molecule is CCCCCC(=O)OC1C(=O)C=C(C)CC1(C)C. The number of hydrogen-bond acceptors (Lipinski definition) is 3. The lowest BCUT2D eigenvalue weighted by Crippen LogP contribution is -2.42. The molecule has 0 heterocycles. The second kappa shape index (κ2) is 6.17. The largest absolute Gasteiger partial charge is 0.453 e. The second-order valence-electron chi connectivity index (χ2n) is 5.89. The highest BCUT2D eigenvalue weighted by atomic mass is 16.5. The second-order valence-corrected chi connectivity index (χ2v) is 5.89. The molecule has 0 amide bonds. The van der Waals surface area contributed by atoms with E-state index in [0.717, 1.165) is 31.3 Å². The first-order chi connectivity index (χ1) is 8.36. The van der Waals surface area contributed by atoms with Crippen LogP contribution < -0.4 is 0 Å². The minimum atomic E-state index is -0.615. The van der Waals surface area contributed by atoms with Crippen LogP contribution in [0.2, 0.25) is 0 Å². The lowest BCUT2D eigenvalue weighted by atomic mass is 9.74. The summed E-state index contributed by atoms with van der Waals surface area (Å²) in [6, 6.07) is 0. The topological polar surface area (TPSA) is 43.4 Å². The van der Waals surface area contributed by atoms with Gasteiger partial charge in [0.2, 0.25) is 0 Å². The average Bonchev–Trinajstić information content (AvgIpc) is 2.23. The number of rotatable bonds is 5. The van der Waals surface area contributed by atoms with Gasteiger partial charge in [-0.25, -0.2) is 0 Å². The van der Waals surface area contributed by atoms with E-state index in [1.165, 1.54) is 0 Å². The summed E-state index contributed by atoms with van der Waals surface area (Å²) in [6.07, 6.45) is 5.14. The Hall–Kier alpha value is -1.12. The molecular formula is C15H24O3. The minimum absolute atomic E-state index is 0.0763. The number of allylic oxidation sites excluding steroid dienone is 1. The van der Waals surface area contributed by atoms with Crippen LogP contribution in [0, 0.1) is 5.41 Å². The molecule has 3 heteroatoms. The van der Waals surface area contributed by atoms with Gasteiger partial charge in [0.25, 0.3) is 0 Å². The molecule has 1 atom stereocenters. The Bertz CT molecular complexity index is 353. The molecule has 1 unspecified atom stereocenters. The standard InChI is InChI=1S/C15H24O3/c1-5-6-7-8-13(17)18-14-12(16)9-11(2)10-15(14,3)4/h9,14H,5-8,10H2,1-4H3. The molecule has 0 bridgehead atoms. The van der Waals surface area contributed by atoms with Crippen LogP contribution in [0.1, 0.15) is 59.8 Å². The molecule has 0 spiro atoms. The number of carbonyl (C=O) groups is 2. The Balaban J connectivity index is 2.60. The van der Waals surface area contributed by atoms with Crippen molar-refractivity contribution in [3.05, 3.63) is 11.6 Å². The van der Waals surface area contributed by atoms with Crippen LogP contribution in [0.4, 0.5) is 0 Å². The highest BCUT2D eigenvalue weighted by Gasteiger charge is 2.40. The molecule has 1 aliphatic carbocycles. The molecule has 0 aliphatic heterocycles. The number of hydrogen-bond donors (Lipinski definition) is 0. The molecule has 0 saturated heterocycles. The van der Waals surface area contributed by atoms with Crippen molar-refractivity contribution in [3.8, 4) is 0 Å². The van der Waals surface area contributed by atoms with Gasteiger partial charge in [0.1, 0.15) is 0 Å². The summed E-state index contributed by atoms with van der Waals surface area (Å²) in [5.41, 5.74) is 0.763. The Morgan fingerprint density at radius 2 is 2.11 bits per heavy atom. The predicted octanol–water partition coefficient (Wildman–Crippen LogP) is 3.42. The molecule has 102 valence electrons. The summed E-state index contributed by atoms with van der Waals surface area (Å²) < 4.78 is 5.38. The third-order valence-corrected chi connectivity index (χ3v) is 3.33. The summed E-state index contributed by atoms with van der Waals surface area (Å²) in [4.78, 5) is 23.6. The number of esters is 1. The van der Waals surface area contributed by atoms with Crippen LogP contribution in [0.5, 0.6) is 0 Å². The van der Waals surface area contributed by atoms with Gasteiger partial charge in [-0.3, -0.25) is 9.59 Å². The van der Waals surface area contributed by atoms with E-state index in [-0.39, 0.29) is 17.2 Å². The first kappa shape index (κ1) is 14.9. The summed E-state index contributed by atoms with van der Waals surface area (Å²) in [6.45, 7) is 7.99. The molecule has 0 aromatic rings. The smallest absolute Gasteiger partial charge is 0.306 e. The number of ketones is 1. The summed E-state index contributed by atoms with van der Waals surface area (Å²) in [5.74, 6) is -0.324. The van der Waals surface area contributed by atoms with E-state index in [0.29, 0.717) is 6.42 Å². The molecule has 0 N–H and O–H groups in total. The lowest BCUT2D eigenvalue weighted by Gasteiger charge is -2.35. The van der Waals surface area contributed by atoms with Gasteiger partial charge in [0.05, 0.1) is 0 Å². The predicted molar refractivity (Wildman–Crippen MR) is 71.2 cm³/mol. The number of ether oxygens (including phenoxy) is 1. The molecule has 1 aliphatic rings. The quantitative estimate of drug-likeness (QED) is 0.556. The van der Waals surface area contributed by atoms with Gasteiger partial charge in [-0.2, -0.15) is 0 Å². The van der Waals surface area contributed by atoms with Gasteiger partial charge in [0, 0.05) is 11.8 Å². The lowest BCUT2D eigenvalue weighted by molar-refractivity contribution is -0.161. The molecule has 0 saturated carbocycles. The van der Waals surface area contributed by atoms with Crippen molar-refractivity contribution in [1.29, 1.82) is 0 Å². The fourth-order valence-corrected chi connectivity index (χ4v) is 2.49. The fourth-order valence-electron chi connectivity index (χ4n) is 2.49. The van der Waals surface area contributed by atoms with E-state index in [4.69, 9.17) is 4.74 Å². The zero-order chi connectivity index (χ0) is 13.8. The van der Waals surface area contributed by atoms with Gasteiger partial charge >= 0.3 is 5.97 Å². The molecule has 1 rings (SSSR count). The maximum Gasteiger partial charge on any atom is 0.306 e. The van der Waals surface area contributed by atoms with Crippen molar-refractivity contribution in [2.24, 2.45) is 5.41 Å². The summed E-state index contributed by atoms with van der Waals surface area (Å²) in [5, 5.41) is 0. The first-order valence-corrected chi connectivity index (χ1v) is 6.77. The van der Waals surface area contributed by atoms with Crippen LogP contribution in [0.25, 0.3) is 0 Å². The summed E-state index contributed by atoms with van der Waals surface area (Å²) >= 11 is 0. The van der Waals surface area contributed by atoms with Crippen molar-refractivity contribution in [2.45, 2.75) is 65.9 Å². The molecule has 3 nitrogen and oxygen atoms in total. The van der Waals surface area contributed by atoms with Gasteiger partial charge in [-0.05, 0) is 25.8 Å². The van der Waals surface area contributed by atoms with Crippen LogP contribution in [0.3, 0.4) is 0 Å². The maximum atomic E-state index is 11.9. The van der Waals surface area contributed by atoms with Crippen LogP contribution >= 0.6 is 0 Å². The third-order valence-electron chi connectivity index (χ3n) is 3.33. The van der Waals surface area contributed by atoms with E-state index in [1.54, 1.807) is 6.08 Å². The van der Waals surface area contributed by atoms with Gasteiger partial charge in [-0.1, -0.05) is 39.2 Å². The van der Waals surface area contributed by atoms with Crippen LogP contribution in [-0.2, 0) is 14.3 Å². The molecule has 0 aromatic heterocycles. The fraction of sp³-hybridized carbons (Fsp3) is 0.733. The van der Waals surface area contributed by atoms with E-state index < -0.39 is 6.10 Å². The first-order valence-electron chi connectivity index (χ1n) is 6.77. The highest BCUT2D eigenvalue weighted by molar-refractivity contribution is 5.97. The van der Waals surface area contributed by atoms with Crippen molar-refractivity contribution >= 4 is 11.8 Å². The monoisotopic (exact) mass is 252 g/mol. The number of carbonyl (C=O) groups excluding carboxylic acids is 2. The van der Waals surface area contributed by atoms with E-state index >= 15 is 0 Å². The van der Waals surface area contributed by atoms with Crippen molar-refractivity contribution < 1.29 is 14.3 Å². The molecule has 0 aromatic carbocycles. The molecular weight excluding hydrogens is 228 g/mol. The van der Waals surface area contributed by atoms with E-state index in [1.807, 2.05) is 20.8 Å². The Labute approximate surface area is 110 Å². The maximum absolute atomic E-state index is 11.9. The zero-order valence-corrected chi connectivity index (χ0v) is 11.9.